The van der Waals surface area contributed by atoms with Gasteiger partial charge in [0, 0.05) is 19.6 Å². The van der Waals surface area contributed by atoms with Gasteiger partial charge in [-0.25, -0.2) is 4.39 Å². The van der Waals surface area contributed by atoms with E-state index in [-0.39, 0.29) is 5.82 Å². The van der Waals surface area contributed by atoms with Crippen molar-refractivity contribution in [3.8, 4) is 0 Å². The third-order valence-corrected chi connectivity index (χ3v) is 2.74. The Balaban J connectivity index is 2.64. The van der Waals surface area contributed by atoms with Crippen LogP contribution in [0.3, 0.4) is 0 Å². The molecular weight excluding hydrogens is 203 g/mol. The van der Waals surface area contributed by atoms with Gasteiger partial charge < -0.3 is 10.2 Å². The Morgan fingerprint density at radius 3 is 2.56 bits per heavy atom. The Morgan fingerprint density at radius 2 is 2.00 bits per heavy atom. The predicted octanol–water partition coefficient (Wildman–Crippen LogP) is 2.65. The number of rotatable bonds is 6. The second-order valence-corrected chi connectivity index (χ2v) is 3.99. The van der Waals surface area contributed by atoms with Crippen LogP contribution in [-0.4, -0.2) is 26.2 Å². The van der Waals surface area contributed by atoms with Gasteiger partial charge in [-0.2, -0.15) is 0 Å². The highest BCUT2D eigenvalue weighted by Crippen LogP contribution is 2.17. The Morgan fingerprint density at radius 1 is 1.31 bits per heavy atom. The topological polar surface area (TPSA) is 15.3 Å². The lowest BCUT2D eigenvalue weighted by Crippen LogP contribution is -2.39. The third-order valence-electron chi connectivity index (χ3n) is 2.74. The maximum Gasteiger partial charge on any atom is 0.146 e. The minimum atomic E-state index is -0.156. The molecule has 90 valence electrons. The van der Waals surface area contributed by atoms with Gasteiger partial charge in [0.25, 0.3) is 0 Å². The van der Waals surface area contributed by atoms with E-state index in [0.717, 1.165) is 19.5 Å². The number of benzene rings is 1. The molecular formula is C13H21FN2. The van der Waals surface area contributed by atoms with Gasteiger partial charge in [-0.3, -0.25) is 0 Å². The van der Waals surface area contributed by atoms with Gasteiger partial charge in [0.15, 0.2) is 0 Å². The Bertz CT molecular complexity index is 315. The fourth-order valence-corrected chi connectivity index (χ4v) is 1.82. The molecule has 0 saturated carbocycles. The van der Waals surface area contributed by atoms with Crippen molar-refractivity contribution in [3.05, 3.63) is 30.1 Å². The molecule has 0 aliphatic heterocycles. The average Bonchev–Trinajstić information content (AvgIpc) is 2.28. The first-order chi connectivity index (χ1) is 7.69. The molecule has 0 aliphatic carbocycles. The summed E-state index contributed by atoms with van der Waals surface area (Å²) in [6.45, 7) is 6.00. The van der Waals surface area contributed by atoms with Crippen molar-refractivity contribution in [1.29, 1.82) is 0 Å². The zero-order chi connectivity index (χ0) is 12.0. The number of hydrogen-bond donors (Lipinski definition) is 1. The fraction of sp³-hybridized carbons (Fsp3) is 0.538. The zero-order valence-corrected chi connectivity index (χ0v) is 10.3. The smallest absolute Gasteiger partial charge is 0.146 e. The van der Waals surface area contributed by atoms with Crippen LogP contribution in [0.25, 0.3) is 0 Å². The van der Waals surface area contributed by atoms with Crippen LogP contribution in [0.2, 0.25) is 0 Å². The quantitative estimate of drug-likeness (QED) is 0.799. The molecule has 0 fully saturated rings. The molecule has 1 rings (SSSR count). The number of likely N-dealkylation sites (N-methyl/N-ethyl adjacent to an activating group) is 2. The summed E-state index contributed by atoms with van der Waals surface area (Å²) in [5.41, 5.74) is 0.666. The monoisotopic (exact) mass is 224 g/mol. The standard InChI is InChI=1S/C13H21FN2/c1-4-11(15-5-2)10-16(3)13-9-7-6-8-12(13)14/h6-9,11,15H,4-5,10H2,1-3H3. The summed E-state index contributed by atoms with van der Waals surface area (Å²) in [6, 6.07) is 7.31. The van der Waals surface area contributed by atoms with E-state index in [2.05, 4.69) is 19.2 Å². The highest BCUT2D eigenvalue weighted by atomic mass is 19.1. The van der Waals surface area contributed by atoms with Gasteiger partial charge in [-0.05, 0) is 25.1 Å². The Labute approximate surface area is 97.5 Å². The van der Waals surface area contributed by atoms with Crippen molar-refractivity contribution < 1.29 is 4.39 Å². The van der Waals surface area contributed by atoms with E-state index in [1.807, 2.05) is 24.1 Å². The molecule has 1 N–H and O–H groups in total. The molecule has 0 amide bonds. The van der Waals surface area contributed by atoms with E-state index in [1.165, 1.54) is 6.07 Å². The first-order valence-corrected chi connectivity index (χ1v) is 5.88. The van der Waals surface area contributed by atoms with E-state index in [1.54, 1.807) is 6.07 Å². The summed E-state index contributed by atoms with van der Waals surface area (Å²) in [5.74, 6) is -0.156. The van der Waals surface area contributed by atoms with Crippen molar-refractivity contribution in [2.24, 2.45) is 0 Å². The van der Waals surface area contributed by atoms with Crippen LogP contribution in [0, 0.1) is 5.82 Å². The van der Waals surface area contributed by atoms with Crippen LogP contribution in [0.15, 0.2) is 24.3 Å². The van der Waals surface area contributed by atoms with Crippen LogP contribution in [0.1, 0.15) is 20.3 Å². The first kappa shape index (κ1) is 13.0. The van der Waals surface area contributed by atoms with E-state index in [9.17, 15) is 4.39 Å². The highest BCUT2D eigenvalue weighted by molar-refractivity contribution is 5.46. The molecule has 0 aliphatic rings. The molecule has 1 atom stereocenters. The van der Waals surface area contributed by atoms with E-state index < -0.39 is 0 Å². The molecule has 1 aromatic rings. The summed E-state index contributed by atoms with van der Waals surface area (Å²) >= 11 is 0. The van der Waals surface area contributed by atoms with Gasteiger partial charge >= 0.3 is 0 Å². The van der Waals surface area contributed by atoms with Gasteiger partial charge in [-0.1, -0.05) is 26.0 Å². The first-order valence-electron chi connectivity index (χ1n) is 5.88. The molecule has 0 aromatic heterocycles. The second-order valence-electron chi connectivity index (χ2n) is 3.99. The summed E-state index contributed by atoms with van der Waals surface area (Å²) in [6.07, 6.45) is 1.05. The summed E-state index contributed by atoms with van der Waals surface area (Å²) in [4.78, 5) is 1.96. The highest BCUT2D eigenvalue weighted by Gasteiger charge is 2.11. The maximum absolute atomic E-state index is 13.5. The summed E-state index contributed by atoms with van der Waals surface area (Å²) < 4.78 is 13.5. The van der Waals surface area contributed by atoms with Crippen molar-refractivity contribution in [2.75, 3.05) is 25.0 Å². The molecule has 0 bridgehead atoms. The van der Waals surface area contributed by atoms with Crippen LogP contribution in [-0.2, 0) is 0 Å². The van der Waals surface area contributed by atoms with Crippen LogP contribution in [0.5, 0.6) is 0 Å². The Hall–Kier alpha value is -1.09. The van der Waals surface area contributed by atoms with E-state index in [4.69, 9.17) is 0 Å². The van der Waals surface area contributed by atoms with Gasteiger partial charge in [0.1, 0.15) is 5.82 Å². The van der Waals surface area contributed by atoms with E-state index >= 15 is 0 Å². The van der Waals surface area contributed by atoms with Crippen LogP contribution in [0.4, 0.5) is 10.1 Å². The normalized spacial score (nSPS) is 12.5. The minimum absolute atomic E-state index is 0.156. The van der Waals surface area contributed by atoms with Crippen LogP contribution >= 0.6 is 0 Å². The molecule has 1 unspecified atom stereocenters. The largest absolute Gasteiger partial charge is 0.371 e. The third kappa shape index (κ3) is 3.49. The van der Waals surface area contributed by atoms with Crippen molar-refractivity contribution in [1.82, 2.24) is 5.32 Å². The lowest BCUT2D eigenvalue weighted by atomic mass is 10.2. The van der Waals surface area contributed by atoms with Crippen molar-refractivity contribution in [3.63, 3.8) is 0 Å². The average molecular weight is 224 g/mol. The van der Waals surface area contributed by atoms with Gasteiger partial charge in [0.05, 0.1) is 5.69 Å². The molecule has 0 saturated heterocycles. The molecule has 2 nitrogen and oxygen atoms in total. The lowest BCUT2D eigenvalue weighted by Gasteiger charge is -2.25. The van der Waals surface area contributed by atoms with Crippen molar-refractivity contribution >= 4 is 5.69 Å². The maximum atomic E-state index is 13.5. The molecule has 0 radical (unpaired) electrons. The molecule has 1 aromatic carbocycles. The lowest BCUT2D eigenvalue weighted by molar-refractivity contribution is 0.508. The van der Waals surface area contributed by atoms with Crippen molar-refractivity contribution in [2.45, 2.75) is 26.3 Å². The van der Waals surface area contributed by atoms with E-state index in [0.29, 0.717) is 11.7 Å². The zero-order valence-electron chi connectivity index (χ0n) is 10.3. The number of halogens is 1. The molecule has 0 heterocycles. The number of anilines is 1. The molecule has 16 heavy (non-hydrogen) atoms. The minimum Gasteiger partial charge on any atom is -0.371 e. The number of nitrogens with one attached hydrogen (secondary N) is 1. The number of hydrogen-bond acceptors (Lipinski definition) is 2. The van der Waals surface area contributed by atoms with Crippen LogP contribution < -0.4 is 10.2 Å². The fourth-order valence-electron chi connectivity index (χ4n) is 1.82. The summed E-state index contributed by atoms with van der Waals surface area (Å²) in [5, 5.41) is 3.39. The second kappa shape index (κ2) is 6.48. The van der Waals surface area contributed by atoms with Gasteiger partial charge in [0.2, 0.25) is 0 Å². The predicted molar refractivity (Wildman–Crippen MR) is 67.4 cm³/mol. The Kier molecular flexibility index (Phi) is 5.26. The molecule has 3 heteroatoms. The van der Waals surface area contributed by atoms with Gasteiger partial charge in [-0.15, -0.1) is 0 Å². The number of nitrogens with zero attached hydrogens (tertiary/aromatic N) is 1. The summed E-state index contributed by atoms with van der Waals surface area (Å²) in [7, 11) is 1.93. The number of para-hydroxylation sites is 1. The SMILES string of the molecule is CCNC(CC)CN(C)c1ccccc1F. The molecule has 0 spiro atoms.